The molecule has 3 N–H and O–H groups in total. The molecule has 1 aromatic heterocycles. The van der Waals surface area contributed by atoms with Crippen LogP contribution in [0, 0.1) is 6.92 Å². The van der Waals surface area contributed by atoms with Gasteiger partial charge < -0.3 is 11.1 Å². The number of rotatable bonds is 4. The molecule has 0 aliphatic carbocycles. The fraction of sp³-hybridized carbons (Fsp3) is 0.250. The number of hydrogen-bond acceptors (Lipinski definition) is 6. The molecule has 0 bridgehead atoms. The first-order chi connectivity index (χ1) is 9.08. The summed E-state index contributed by atoms with van der Waals surface area (Å²) in [5.74, 6) is -0.0751. The molecule has 1 amide bonds. The van der Waals surface area contributed by atoms with E-state index in [1.54, 1.807) is 0 Å². The van der Waals surface area contributed by atoms with Gasteiger partial charge in [-0.3, -0.25) is 4.79 Å². The van der Waals surface area contributed by atoms with Crippen LogP contribution in [0.25, 0.3) is 0 Å². The van der Waals surface area contributed by atoms with Gasteiger partial charge in [0.05, 0.1) is 5.25 Å². The molecule has 19 heavy (non-hydrogen) atoms. The summed E-state index contributed by atoms with van der Waals surface area (Å²) in [5.41, 5.74) is 8.10. The largest absolute Gasteiger partial charge is 0.398 e. The fourth-order valence-corrected chi connectivity index (χ4v) is 3.03. The Balaban J connectivity index is 2.02. The Kier molecular flexibility index (Phi) is 4.39. The molecule has 5 nitrogen and oxygen atoms in total. The van der Waals surface area contributed by atoms with E-state index in [1.807, 2.05) is 32.0 Å². The second kappa shape index (κ2) is 6.03. The van der Waals surface area contributed by atoms with Crippen LogP contribution in [-0.2, 0) is 4.79 Å². The Morgan fingerprint density at radius 3 is 3.00 bits per heavy atom. The third kappa shape index (κ3) is 3.45. The number of benzene rings is 1. The first kappa shape index (κ1) is 13.8. The SMILES string of the molecule is Cc1c(N)cccc1NC(=O)C(C)Sc1ncns1. The topological polar surface area (TPSA) is 80.9 Å². The molecule has 7 heteroatoms. The predicted molar refractivity (Wildman–Crippen MR) is 79.4 cm³/mol. The molecule has 0 fully saturated rings. The van der Waals surface area contributed by atoms with Crippen molar-refractivity contribution in [1.82, 2.24) is 9.36 Å². The molecular weight excluding hydrogens is 280 g/mol. The lowest BCUT2D eigenvalue weighted by Crippen LogP contribution is -2.22. The monoisotopic (exact) mass is 294 g/mol. The van der Waals surface area contributed by atoms with Gasteiger partial charge in [0.1, 0.15) is 6.33 Å². The Hall–Kier alpha value is -1.60. The van der Waals surface area contributed by atoms with E-state index in [4.69, 9.17) is 5.73 Å². The van der Waals surface area contributed by atoms with Gasteiger partial charge in [0, 0.05) is 11.4 Å². The van der Waals surface area contributed by atoms with Crippen molar-refractivity contribution in [1.29, 1.82) is 0 Å². The second-order valence-electron chi connectivity index (χ2n) is 3.98. The van der Waals surface area contributed by atoms with Crippen LogP contribution in [0.3, 0.4) is 0 Å². The smallest absolute Gasteiger partial charge is 0.237 e. The lowest BCUT2D eigenvalue weighted by Gasteiger charge is -2.13. The number of nitrogens with one attached hydrogen (secondary N) is 1. The van der Waals surface area contributed by atoms with Gasteiger partial charge in [0.15, 0.2) is 4.34 Å². The van der Waals surface area contributed by atoms with E-state index in [0.717, 1.165) is 15.6 Å². The maximum Gasteiger partial charge on any atom is 0.237 e. The number of thioether (sulfide) groups is 1. The number of carbonyl (C=O) groups excluding carboxylic acids is 1. The summed E-state index contributed by atoms with van der Waals surface area (Å²) in [6.45, 7) is 3.72. The van der Waals surface area contributed by atoms with Crippen molar-refractivity contribution in [3.05, 3.63) is 30.1 Å². The van der Waals surface area contributed by atoms with E-state index in [0.29, 0.717) is 5.69 Å². The molecule has 0 saturated heterocycles. The minimum atomic E-state index is -0.242. The van der Waals surface area contributed by atoms with E-state index in [-0.39, 0.29) is 11.2 Å². The number of anilines is 2. The molecule has 2 rings (SSSR count). The highest BCUT2D eigenvalue weighted by Gasteiger charge is 2.17. The summed E-state index contributed by atoms with van der Waals surface area (Å²) in [6, 6.07) is 5.47. The highest BCUT2D eigenvalue weighted by atomic mass is 32.2. The molecule has 0 spiro atoms. The van der Waals surface area contributed by atoms with E-state index in [9.17, 15) is 4.79 Å². The quantitative estimate of drug-likeness (QED) is 0.669. The van der Waals surface area contributed by atoms with Gasteiger partial charge in [-0.15, -0.1) is 0 Å². The summed E-state index contributed by atoms with van der Waals surface area (Å²) in [5, 5.41) is 2.64. The van der Waals surface area contributed by atoms with Crippen molar-refractivity contribution in [3.63, 3.8) is 0 Å². The zero-order valence-electron chi connectivity index (χ0n) is 10.6. The zero-order chi connectivity index (χ0) is 13.8. The van der Waals surface area contributed by atoms with Gasteiger partial charge in [0.25, 0.3) is 0 Å². The average molecular weight is 294 g/mol. The molecule has 0 saturated carbocycles. The number of nitrogens with zero attached hydrogens (tertiary/aromatic N) is 2. The van der Waals surface area contributed by atoms with Crippen molar-refractivity contribution >= 4 is 40.6 Å². The Labute approximate surface area is 119 Å². The van der Waals surface area contributed by atoms with Gasteiger partial charge in [0.2, 0.25) is 5.91 Å². The number of amides is 1. The van der Waals surface area contributed by atoms with E-state index in [2.05, 4.69) is 14.7 Å². The first-order valence-corrected chi connectivity index (χ1v) is 7.32. The molecule has 1 aromatic carbocycles. The maximum atomic E-state index is 12.1. The lowest BCUT2D eigenvalue weighted by atomic mass is 10.1. The molecule has 100 valence electrons. The number of nitrogen functional groups attached to an aromatic ring is 1. The normalized spacial score (nSPS) is 12.1. The summed E-state index contributed by atoms with van der Waals surface area (Å²) >= 11 is 2.67. The van der Waals surface area contributed by atoms with E-state index < -0.39 is 0 Å². The molecule has 1 atom stereocenters. The maximum absolute atomic E-state index is 12.1. The summed E-state index contributed by atoms with van der Waals surface area (Å²) in [6.07, 6.45) is 1.49. The molecule has 1 heterocycles. The van der Waals surface area contributed by atoms with Crippen LogP contribution in [0.4, 0.5) is 11.4 Å². The fourth-order valence-electron chi connectivity index (χ4n) is 1.44. The standard InChI is InChI=1S/C12H14N4OS2/c1-7-9(13)4-3-5-10(7)16-11(17)8(2)18-12-14-6-15-19-12/h3-6,8H,13H2,1-2H3,(H,16,17). The van der Waals surface area contributed by atoms with Gasteiger partial charge in [-0.1, -0.05) is 17.8 Å². The minimum absolute atomic E-state index is 0.0751. The van der Waals surface area contributed by atoms with Crippen LogP contribution < -0.4 is 11.1 Å². The summed E-state index contributed by atoms with van der Waals surface area (Å²) in [4.78, 5) is 16.1. The zero-order valence-corrected chi connectivity index (χ0v) is 12.2. The van der Waals surface area contributed by atoms with Crippen molar-refractivity contribution in [2.24, 2.45) is 0 Å². The molecule has 2 aromatic rings. The van der Waals surface area contributed by atoms with Crippen LogP contribution in [0.5, 0.6) is 0 Å². The summed E-state index contributed by atoms with van der Waals surface area (Å²) < 4.78 is 4.69. The summed E-state index contributed by atoms with van der Waals surface area (Å²) in [7, 11) is 0. The van der Waals surface area contributed by atoms with Crippen molar-refractivity contribution in [2.45, 2.75) is 23.4 Å². The molecule has 0 radical (unpaired) electrons. The number of nitrogens with two attached hydrogens (primary N) is 1. The third-order valence-corrected chi connectivity index (χ3v) is 4.47. The number of hydrogen-bond donors (Lipinski definition) is 2. The third-order valence-electron chi connectivity index (χ3n) is 2.62. The Bertz CT molecular complexity index is 571. The van der Waals surface area contributed by atoms with Crippen LogP contribution in [0.1, 0.15) is 12.5 Å². The van der Waals surface area contributed by atoms with Gasteiger partial charge in [-0.2, -0.15) is 4.37 Å². The van der Waals surface area contributed by atoms with E-state index in [1.165, 1.54) is 29.6 Å². The highest BCUT2D eigenvalue weighted by molar-refractivity contribution is 8.02. The number of aromatic nitrogens is 2. The van der Waals surface area contributed by atoms with Gasteiger partial charge in [-0.05, 0) is 43.1 Å². The predicted octanol–water partition coefficient (Wildman–Crippen LogP) is 2.55. The number of carbonyl (C=O) groups is 1. The Morgan fingerprint density at radius 2 is 2.32 bits per heavy atom. The van der Waals surface area contributed by atoms with Crippen molar-refractivity contribution < 1.29 is 4.79 Å². The highest BCUT2D eigenvalue weighted by Crippen LogP contribution is 2.26. The Morgan fingerprint density at radius 1 is 1.53 bits per heavy atom. The van der Waals surface area contributed by atoms with Crippen LogP contribution in [0.15, 0.2) is 28.9 Å². The van der Waals surface area contributed by atoms with E-state index >= 15 is 0 Å². The molecule has 0 aliphatic rings. The molecule has 0 aliphatic heterocycles. The van der Waals surface area contributed by atoms with Crippen molar-refractivity contribution in [2.75, 3.05) is 11.1 Å². The molecule has 1 unspecified atom stereocenters. The van der Waals surface area contributed by atoms with Gasteiger partial charge in [-0.25, -0.2) is 4.98 Å². The lowest BCUT2D eigenvalue weighted by molar-refractivity contribution is -0.115. The first-order valence-electron chi connectivity index (χ1n) is 5.67. The van der Waals surface area contributed by atoms with Crippen LogP contribution in [-0.4, -0.2) is 20.5 Å². The van der Waals surface area contributed by atoms with Gasteiger partial charge >= 0.3 is 0 Å². The average Bonchev–Trinajstić information content (AvgIpc) is 2.87. The molecular formula is C12H14N4OS2. The minimum Gasteiger partial charge on any atom is -0.398 e. The second-order valence-corrected chi connectivity index (χ2v) is 6.34. The van der Waals surface area contributed by atoms with Crippen LogP contribution in [0.2, 0.25) is 0 Å². The van der Waals surface area contributed by atoms with Crippen LogP contribution >= 0.6 is 23.3 Å². The van der Waals surface area contributed by atoms with Crippen molar-refractivity contribution in [3.8, 4) is 0 Å².